The van der Waals surface area contributed by atoms with Gasteiger partial charge in [0, 0.05) is 14.8 Å². The normalized spacial score (nSPS) is 8.83. The van der Waals surface area contributed by atoms with Gasteiger partial charge < -0.3 is 10.8 Å². The van der Waals surface area contributed by atoms with Crippen LogP contribution in [0, 0.1) is 15.4 Å². The maximum absolute atomic E-state index is 8.45. The molecule has 2 nitrogen and oxygen atoms in total. The third-order valence-electron chi connectivity index (χ3n) is 1.31. The van der Waals surface area contributed by atoms with E-state index >= 15 is 0 Å². The van der Waals surface area contributed by atoms with Crippen LogP contribution < -0.4 is 5.73 Å². The summed E-state index contributed by atoms with van der Waals surface area (Å²) in [4.78, 5) is 0. The second kappa shape index (κ2) is 4.33. The Morgan fingerprint density at radius 3 is 2.83 bits per heavy atom. The largest absolute Gasteiger partial charge is 0.398 e. The number of rotatable bonds is 0. The summed E-state index contributed by atoms with van der Waals surface area (Å²) in [5.74, 6) is 5.37. The highest BCUT2D eigenvalue weighted by molar-refractivity contribution is 14.1. The number of aliphatic hydroxyl groups excluding tert-OH is 1. The topological polar surface area (TPSA) is 46.2 Å². The van der Waals surface area contributed by atoms with Crippen LogP contribution in [0.15, 0.2) is 18.2 Å². The molecule has 0 aliphatic rings. The zero-order valence-corrected chi connectivity index (χ0v) is 8.50. The standard InChI is InChI=1S/C9H8INO/c10-8-6-7(2-1-5-12)3-4-9(8)11/h3-4,6,12H,5,11H2. The van der Waals surface area contributed by atoms with Crippen LogP contribution in [-0.4, -0.2) is 11.7 Å². The summed E-state index contributed by atoms with van der Waals surface area (Å²) in [5.41, 5.74) is 7.24. The molecular formula is C9H8INO. The Kier molecular flexibility index (Phi) is 3.38. The Labute approximate surface area is 84.9 Å². The molecule has 0 atom stereocenters. The quantitative estimate of drug-likeness (QED) is 0.424. The van der Waals surface area contributed by atoms with Crippen LogP contribution in [0.4, 0.5) is 5.69 Å². The van der Waals surface area contributed by atoms with E-state index in [2.05, 4.69) is 34.4 Å². The maximum Gasteiger partial charge on any atom is 0.104 e. The molecule has 62 valence electrons. The van der Waals surface area contributed by atoms with Crippen LogP contribution in [0.5, 0.6) is 0 Å². The summed E-state index contributed by atoms with van der Waals surface area (Å²) in [5, 5.41) is 8.45. The molecule has 3 heteroatoms. The molecule has 0 fully saturated rings. The Morgan fingerprint density at radius 2 is 2.25 bits per heavy atom. The van der Waals surface area contributed by atoms with Crippen molar-refractivity contribution < 1.29 is 5.11 Å². The van der Waals surface area contributed by atoms with Gasteiger partial charge in [-0.25, -0.2) is 0 Å². The molecule has 3 N–H and O–H groups in total. The van der Waals surface area contributed by atoms with E-state index in [1.807, 2.05) is 18.2 Å². The van der Waals surface area contributed by atoms with E-state index < -0.39 is 0 Å². The van der Waals surface area contributed by atoms with Gasteiger partial charge in [-0.2, -0.15) is 0 Å². The first-order chi connectivity index (χ1) is 5.74. The van der Waals surface area contributed by atoms with E-state index in [9.17, 15) is 0 Å². The molecule has 0 heterocycles. The van der Waals surface area contributed by atoms with Crippen molar-refractivity contribution in [3.05, 3.63) is 27.3 Å². The van der Waals surface area contributed by atoms with Crippen molar-refractivity contribution in [2.24, 2.45) is 0 Å². The maximum atomic E-state index is 8.45. The Balaban J connectivity index is 2.97. The van der Waals surface area contributed by atoms with E-state index in [1.54, 1.807) is 0 Å². The van der Waals surface area contributed by atoms with Crippen molar-refractivity contribution in [1.29, 1.82) is 0 Å². The first kappa shape index (κ1) is 9.36. The zero-order valence-electron chi connectivity index (χ0n) is 6.34. The highest BCUT2D eigenvalue weighted by Gasteiger charge is 1.94. The molecule has 1 aromatic carbocycles. The average molecular weight is 273 g/mol. The van der Waals surface area contributed by atoms with Crippen LogP contribution in [0.1, 0.15) is 5.56 Å². The van der Waals surface area contributed by atoms with Gasteiger partial charge in [0.15, 0.2) is 0 Å². The Bertz CT molecular complexity index is 338. The van der Waals surface area contributed by atoms with Gasteiger partial charge in [-0.3, -0.25) is 0 Å². The van der Waals surface area contributed by atoms with Gasteiger partial charge >= 0.3 is 0 Å². The van der Waals surface area contributed by atoms with Crippen molar-refractivity contribution in [3.63, 3.8) is 0 Å². The lowest BCUT2D eigenvalue weighted by molar-refractivity contribution is 0.350. The fourth-order valence-corrected chi connectivity index (χ4v) is 1.26. The van der Waals surface area contributed by atoms with Crippen molar-refractivity contribution in [1.82, 2.24) is 0 Å². The summed E-state index contributed by atoms with van der Waals surface area (Å²) in [6, 6.07) is 5.53. The molecule has 0 bridgehead atoms. The molecule has 1 aromatic rings. The van der Waals surface area contributed by atoms with Crippen molar-refractivity contribution in [2.45, 2.75) is 0 Å². The molecular weight excluding hydrogens is 265 g/mol. The van der Waals surface area contributed by atoms with E-state index in [4.69, 9.17) is 10.8 Å². The second-order valence-corrected chi connectivity index (χ2v) is 3.36. The van der Waals surface area contributed by atoms with Crippen LogP contribution >= 0.6 is 22.6 Å². The minimum Gasteiger partial charge on any atom is -0.398 e. The monoisotopic (exact) mass is 273 g/mol. The number of nitrogen functional groups attached to an aromatic ring is 1. The Hall–Kier alpha value is -0.730. The van der Waals surface area contributed by atoms with Crippen molar-refractivity contribution >= 4 is 28.3 Å². The Morgan fingerprint density at radius 1 is 1.50 bits per heavy atom. The molecule has 12 heavy (non-hydrogen) atoms. The SMILES string of the molecule is Nc1ccc(C#CCO)cc1I. The number of nitrogens with two attached hydrogens (primary N) is 1. The lowest BCUT2D eigenvalue weighted by atomic mass is 10.2. The molecule has 0 spiro atoms. The number of halogens is 1. The molecule has 0 radical (unpaired) electrons. The summed E-state index contributed by atoms with van der Waals surface area (Å²) in [7, 11) is 0. The third kappa shape index (κ3) is 2.40. The highest BCUT2D eigenvalue weighted by atomic mass is 127. The number of hydrogen-bond donors (Lipinski definition) is 2. The molecule has 0 aliphatic carbocycles. The predicted molar refractivity (Wildman–Crippen MR) is 57.5 cm³/mol. The van der Waals surface area contributed by atoms with Gasteiger partial charge in [-0.1, -0.05) is 11.8 Å². The first-order valence-corrected chi connectivity index (χ1v) is 4.46. The average Bonchev–Trinajstić information content (AvgIpc) is 2.07. The number of anilines is 1. The predicted octanol–water partition coefficient (Wildman–Crippen LogP) is 1.22. The summed E-state index contributed by atoms with van der Waals surface area (Å²) >= 11 is 2.15. The smallest absolute Gasteiger partial charge is 0.104 e. The molecule has 0 amide bonds. The summed E-state index contributed by atoms with van der Waals surface area (Å²) in [6.07, 6.45) is 0. The van der Waals surface area contributed by atoms with E-state index in [0.29, 0.717) is 0 Å². The molecule has 0 saturated heterocycles. The number of aliphatic hydroxyl groups is 1. The van der Waals surface area contributed by atoms with E-state index in [0.717, 1.165) is 14.8 Å². The van der Waals surface area contributed by atoms with E-state index in [1.165, 1.54) is 0 Å². The van der Waals surface area contributed by atoms with Crippen LogP contribution in [0.3, 0.4) is 0 Å². The molecule has 0 aromatic heterocycles. The lowest BCUT2D eigenvalue weighted by Gasteiger charge is -1.96. The molecule has 0 unspecified atom stereocenters. The van der Waals surface area contributed by atoms with Crippen LogP contribution in [-0.2, 0) is 0 Å². The molecule has 0 saturated carbocycles. The summed E-state index contributed by atoms with van der Waals surface area (Å²) in [6.45, 7) is -0.110. The van der Waals surface area contributed by atoms with Gasteiger partial charge in [0.25, 0.3) is 0 Å². The zero-order chi connectivity index (χ0) is 8.97. The van der Waals surface area contributed by atoms with Crippen molar-refractivity contribution in [2.75, 3.05) is 12.3 Å². The fourth-order valence-electron chi connectivity index (χ4n) is 0.746. The summed E-state index contributed by atoms with van der Waals surface area (Å²) < 4.78 is 0.984. The third-order valence-corrected chi connectivity index (χ3v) is 2.25. The van der Waals surface area contributed by atoms with Crippen LogP contribution in [0.2, 0.25) is 0 Å². The first-order valence-electron chi connectivity index (χ1n) is 3.39. The van der Waals surface area contributed by atoms with Gasteiger partial charge in [0.05, 0.1) is 0 Å². The van der Waals surface area contributed by atoms with Gasteiger partial charge in [-0.05, 0) is 40.8 Å². The van der Waals surface area contributed by atoms with Gasteiger partial charge in [0.1, 0.15) is 6.61 Å². The molecule has 1 rings (SSSR count). The molecule has 0 aliphatic heterocycles. The fraction of sp³-hybridized carbons (Fsp3) is 0.111. The van der Waals surface area contributed by atoms with E-state index in [-0.39, 0.29) is 6.61 Å². The minimum atomic E-state index is -0.110. The van der Waals surface area contributed by atoms with Crippen LogP contribution in [0.25, 0.3) is 0 Å². The highest BCUT2D eigenvalue weighted by Crippen LogP contribution is 2.15. The minimum absolute atomic E-state index is 0.110. The number of hydrogen-bond acceptors (Lipinski definition) is 2. The van der Waals surface area contributed by atoms with Crippen molar-refractivity contribution in [3.8, 4) is 11.8 Å². The lowest BCUT2D eigenvalue weighted by Crippen LogP contribution is -1.89. The second-order valence-electron chi connectivity index (χ2n) is 2.20. The number of benzene rings is 1. The van der Waals surface area contributed by atoms with Gasteiger partial charge in [0.2, 0.25) is 0 Å². The van der Waals surface area contributed by atoms with Gasteiger partial charge in [-0.15, -0.1) is 0 Å².